The molecule has 0 atom stereocenters. The third kappa shape index (κ3) is 3.79. The van der Waals surface area contributed by atoms with E-state index in [2.05, 4.69) is 15.3 Å². The van der Waals surface area contributed by atoms with Gasteiger partial charge in [-0.2, -0.15) is 13.2 Å². The number of anilines is 2. The van der Waals surface area contributed by atoms with Crippen molar-refractivity contribution in [3.63, 3.8) is 0 Å². The van der Waals surface area contributed by atoms with Crippen LogP contribution < -0.4 is 10.6 Å². The van der Waals surface area contributed by atoms with Crippen LogP contribution in [0.3, 0.4) is 0 Å². The summed E-state index contributed by atoms with van der Waals surface area (Å²) in [7, 11) is 0. The fourth-order valence-corrected chi connectivity index (χ4v) is 2.84. The second kappa shape index (κ2) is 6.20. The first-order chi connectivity index (χ1) is 11.7. The van der Waals surface area contributed by atoms with Gasteiger partial charge >= 0.3 is 18.0 Å². The van der Waals surface area contributed by atoms with Gasteiger partial charge in [0.25, 0.3) is 0 Å². The first-order valence-electron chi connectivity index (χ1n) is 6.97. The Morgan fingerprint density at radius 2 is 1.88 bits per heavy atom. The lowest BCUT2D eigenvalue weighted by Crippen LogP contribution is -2.28. The highest BCUT2D eigenvalue weighted by molar-refractivity contribution is 7.15. The Hall–Kier alpha value is -2.88. The van der Waals surface area contributed by atoms with Gasteiger partial charge in [0.15, 0.2) is 5.13 Å². The van der Waals surface area contributed by atoms with Crippen LogP contribution in [0.1, 0.15) is 10.6 Å². The maximum absolute atomic E-state index is 12.5. The molecular weight excluding hydrogens is 357 g/mol. The maximum Gasteiger partial charge on any atom is 0.427 e. The Bertz CT molecular complexity index is 961. The standard InChI is InChI=1S/C15H11F3N4O2S/c1-7-4-8-5-9(2-3-10(8)20-7)21-12(23)13(24)22-14-19-6-11(25-14)15(16,17)18/h2-6,20H,1H3,(H,21,23)(H,19,22,24). The van der Waals surface area contributed by atoms with Crippen molar-refractivity contribution < 1.29 is 22.8 Å². The molecule has 1 aromatic carbocycles. The van der Waals surface area contributed by atoms with E-state index in [0.717, 1.165) is 16.6 Å². The number of nitrogens with zero attached hydrogens (tertiary/aromatic N) is 1. The van der Waals surface area contributed by atoms with E-state index in [1.54, 1.807) is 18.2 Å². The number of thiazole rings is 1. The Morgan fingerprint density at radius 3 is 2.56 bits per heavy atom. The molecule has 130 valence electrons. The highest BCUT2D eigenvalue weighted by Crippen LogP contribution is 2.34. The van der Waals surface area contributed by atoms with Gasteiger partial charge in [0.1, 0.15) is 4.88 Å². The minimum atomic E-state index is -4.55. The van der Waals surface area contributed by atoms with Crippen molar-refractivity contribution in [1.82, 2.24) is 9.97 Å². The monoisotopic (exact) mass is 368 g/mol. The summed E-state index contributed by atoms with van der Waals surface area (Å²) >= 11 is 0.244. The van der Waals surface area contributed by atoms with Crippen molar-refractivity contribution in [1.29, 1.82) is 0 Å². The summed E-state index contributed by atoms with van der Waals surface area (Å²) in [5, 5.41) is 4.99. The summed E-state index contributed by atoms with van der Waals surface area (Å²) in [6.45, 7) is 1.88. The zero-order chi connectivity index (χ0) is 18.2. The van der Waals surface area contributed by atoms with Crippen LogP contribution in [-0.4, -0.2) is 21.8 Å². The number of hydrogen-bond donors (Lipinski definition) is 3. The Balaban J connectivity index is 1.67. The van der Waals surface area contributed by atoms with Crippen LogP contribution in [0, 0.1) is 6.92 Å². The number of fused-ring (bicyclic) bond motifs is 1. The van der Waals surface area contributed by atoms with Crippen LogP contribution in [0.2, 0.25) is 0 Å². The Labute approximate surface area is 143 Å². The van der Waals surface area contributed by atoms with Gasteiger partial charge in [0, 0.05) is 22.3 Å². The number of H-pyrrole nitrogens is 1. The fraction of sp³-hybridized carbons (Fsp3) is 0.133. The van der Waals surface area contributed by atoms with Crippen LogP contribution in [-0.2, 0) is 15.8 Å². The number of benzene rings is 1. The highest BCUT2D eigenvalue weighted by atomic mass is 32.1. The zero-order valence-corrected chi connectivity index (χ0v) is 13.5. The number of rotatable bonds is 2. The number of alkyl halides is 3. The molecule has 6 nitrogen and oxygen atoms in total. The van der Waals surface area contributed by atoms with E-state index in [0.29, 0.717) is 11.9 Å². The van der Waals surface area contributed by atoms with Crippen LogP contribution >= 0.6 is 11.3 Å². The largest absolute Gasteiger partial charge is 0.427 e. The maximum atomic E-state index is 12.5. The molecule has 0 fully saturated rings. The van der Waals surface area contributed by atoms with E-state index in [9.17, 15) is 22.8 Å². The summed E-state index contributed by atoms with van der Waals surface area (Å²) in [5.74, 6) is -2.11. The molecule has 2 heterocycles. The summed E-state index contributed by atoms with van der Waals surface area (Å²) < 4.78 is 37.5. The normalized spacial score (nSPS) is 11.5. The van der Waals surface area contributed by atoms with Crippen LogP contribution in [0.15, 0.2) is 30.5 Å². The summed E-state index contributed by atoms with van der Waals surface area (Å²) in [6.07, 6.45) is -3.95. The third-order valence-electron chi connectivity index (χ3n) is 3.23. The Kier molecular flexibility index (Phi) is 4.21. The second-order valence-corrected chi connectivity index (χ2v) is 6.22. The molecule has 10 heteroatoms. The van der Waals surface area contributed by atoms with E-state index in [1.165, 1.54) is 0 Å². The number of hydrogen-bond acceptors (Lipinski definition) is 4. The van der Waals surface area contributed by atoms with Crippen molar-refractivity contribution in [3.8, 4) is 0 Å². The van der Waals surface area contributed by atoms with Crippen LogP contribution in [0.4, 0.5) is 24.0 Å². The lowest BCUT2D eigenvalue weighted by atomic mass is 10.2. The van der Waals surface area contributed by atoms with Crippen LogP contribution in [0.25, 0.3) is 10.9 Å². The summed E-state index contributed by atoms with van der Waals surface area (Å²) in [4.78, 5) is 29.3. The predicted octanol–water partition coefficient (Wildman–Crippen LogP) is 3.53. The van der Waals surface area contributed by atoms with Crippen molar-refractivity contribution in [2.24, 2.45) is 0 Å². The average molecular weight is 368 g/mol. The molecule has 0 aliphatic heterocycles. The number of aromatic nitrogens is 2. The van der Waals surface area contributed by atoms with E-state index in [-0.39, 0.29) is 16.5 Å². The first-order valence-corrected chi connectivity index (χ1v) is 7.79. The topological polar surface area (TPSA) is 86.9 Å². The van der Waals surface area contributed by atoms with Crippen molar-refractivity contribution >= 4 is 44.9 Å². The van der Waals surface area contributed by atoms with Crippen LogP contribution in [0.5, 0.6) is 0 Å². The molecule has 0 radical (unpaired) electrons. The van der Waals surface area contributed by atoms with E-state index >= 15 is 0 Å². The van der Waals surface area contributed by atoms with Crippen molar-refractivity contribution in [3.05, 3.63) is 41.0 Å². The smallest absolute Gasteiger partial charge is 0.359 e. The molecule has 0 spiro atoms. The number of halogens is 3. The molecule has 0 unspecified atom stereocenters. The number of aromatic amines is 1. The number of amides is 2. The minimum absolute atomic E-state index is 0.244. The summed E-state index contributed by atoms with van der Waals surface area (Å²) in [5.41, 5.74) is 2.21. The van der Waals surface area contributed by atoms with Gasteiger partial charge in [-0.1, -0.05) is 11.3 Å². The molecule has 0 saturated carbocycles. The number of aryl methyl sites for hydroxylation is 1. The fourth-order valence-electron chi connectivity index (χ4n) is 2.16. The molecule has 0 saturated heterocycles. The van der Waals surface area contributed by atoms with Gasteiger partial charge in [0.05, 0.1) is 6.20 Å². The Morgan fingerprint density at radius 1 is 1.16 bits per heavy atom. The quantitative estimate of drug-likeness (QED) is 0.605. The predicted molar refractivity (Wildman–Crippen MR) is 87.4 cm³/mol. The van der Waals surface area contributed by atoms with E-state index in [4.69, 9.17) is 0 Å². The third-order valence-corrected chi connectivity index (χ3v) is 4.18. The molecule has 0 aliphatic rings. The number of carbonyl (C=O) groups is 2. The van der Waals surface area contributed by atoms with Crippen molar-refractivity contribution in [2.45, 2.75) is 13.1 Å². The second-order valence-electron chi connectivity index (χ2n) is 5.19. The highest BCUT2D eigenvalue weighted by Gasteiger charge is 2.33. The SMILES string of the molecule is Cc1cc2cc(NC(=O)C(=O)Nc3ncc(C(F)(F)F)s3)ccc2[nH]1. The van der Waals surface area contributed by atoms with E-state index < -0.39 is 22.9 Å². The van der Waals surface area contributed by atoms with Crippen molar-refractivity contribution in [2.75, 3.05) is 10.6 Å². The molecular formula is C15H11F3N4O2S. The molecule has 3 N–H and O–H groups in total. The molecule has 0 aliphatic carbocycles. The molecule has 3 rings (SSSR count). The van der Waals surface area contributed by atoms with Gasteiger partial charge in [-0.25, -0.2) is 4.98 Å². The average Bonchev–Trinajstić information content (AvgIpc) is 3.11. The van der Waals surface area contributed by atoms with E-state index in [1.807, 2.05) is 18.3 Å². The lowest BCUT2D eigenvalue weighted by molar-refractivity contribution is -0.134. The summed E-state index contributed by atoms with van der Waals surface area (Å²) in [6, 6.07) is 6.90. The van der Waals surface area contributed by atoms with Gasteiger partial charge in [-0.05, 0) is 31.2 Å². The van der Waals surface area contributed by atoms with Gasteiger partial charge in [-0.15, -0.1) is 0 Å². The minimum Gasteiger partial charge on any atom is -0.359 e. The first kappa shape index (κ1) is 17.0. The number of nitrogens with one attached hydrogen (secondary N) is 3. The van der Waals surface area contributed by atoms with Gasteiger partial charge in [0.2, 0.25) is 0 Å². The molecule has 0 bridgehead atoms. The zero-order valence-electron chi connectivity index (χ0n) is 12.7. The molecule has 2 aromatic heterocycles. The van der Waals surface area contributed by atoms with Gasteiger partial charge in [-0.3, -0.25) is 14.9 Å². The lowest BCUT2D eigenvalue weighted by Gasteiger charge is -2.05. The molecule has 25 heavy (non-hydrogen) atoms. The molecule has 3 aromatic rings. The number of carbonyl (C=O) groups excluding carboxylic acids is 2. The van der Waals surface area contributed by atoms with Gasteiger partial charge < -0.3 is 10.3 Å². The molecule has 2 amide bonds.